The van der Waals surface area contributed by atoms with Crippen LogP contribution in [0.5, 0.6) is 0 Å². The molecule has 13 rings (SSSR count). The molecule has 0 spiro atoms. The molecule has 2 nitrogen and oxygen atoms in total. The Morgan fingerprint density at radius 3 is 1.00 bits per heavy atom. The van der Waals surface area contributed by atoms with E-state index in [2.05, 4.69) is 206 Å². The molecule has 2 heteroatoms. The van der Waals surface area contributed by atoms with Gasteiger partial charge in [-0.05, 0) is 136 Å². The average molecular weight is 763 g/mol. The van der Waals surface area contributed by atoms with Crippen LogP contribution >= 0.6 is 0 Å². The lowest BCUT2D eigenvalue weighted by Gasteiger charge is -2.18. The Balaban J connectivity index is 0.967. The Morgan fingerprint density at radius 1 is 0.217 bits per heavy atom. The fraction of sp³-hybridized carbons (Fsp3) is 0. The van der Waals surface area contributed by atoms with Gasteiger partial charge in [-0.2, -0.15) is 0 Å². The second-order valence-electron chi connectivity index (χ2n) is 15.9. The molecule has 2 heterocycles. The van der Waals surface area contributed by atoms with Crippen molar-refractivity contribution in [2.24, 2.45) is 0 Å². The molecule has 11 aromatic carbocycles. The van der Waals surface area contributed by atoms with Gasteiger partial charge in [0, 0.05) is 21.5 Å². The first-order valence-electron chi connectivity index (χ1n) is 20.6. The van der Waals surface area contributed by atoms with Gasteiger partial charge in [-0.1, -0.05) is 158 Å². The minimum atomic E-state index is 0.905. The number of furan rings is 2. The summed E-state index contributed by atoms with van der Waals surface area (Å²) in [7, 11) is 0. The summed E-state index contributed by atoms with van der Waals surface area (Å²) in [6.07, 6.45) is 0. The largest absolute Gasteiger partial charge is 0.456 e. The summed E-state index contributed by atoms with van der Waals surface area (Å²) < 4.78 is 12.7. The molecule has 0 N–H and O–H groups in total. The van der Waals surface area contributed by atoms with Crippen LogP contribution in [0, 0.1) is 0 Å². The summed E-state index contributed by atoms with van der Waals surface area (Å²) in [5.74, 6) is 0. The Hall–Kier alpha value is -7.94. The third-order valence-corrected chi connectivity index (χ3v) is 12.6. The topological polar surface area (TPSA) is 26.3 Å². The third-order valence-electron chi connectivity index (χ3n) is 12.6. The van der Waals surface area contributed by atoms with Crippen LogP contribution in [0.1, 0.15) is 0 Å². The maximum atomic E-state index is 6.36. The SMILES string of the molecule is c1cc(-c2ccc3oc4ccc5ccccc5c4c3c2)cc(-c2c3ccccc3c(-c3cccc(-c4ccc5oc6ccc7ccccc7c6c5c4)c3)c3ccccc23)c1. The highest BCUT2D eigenvalue weighted by atomic mass is 16.3. The molecule has 2 aromatic heterocycles. The summed E-state index contributed by atoms with van der Waals surface area (Å²) in [4.78, 5) is 0. The average Bonchev–Trinajstić information content (AvgIpc) is 3.89. The number of rotatable bonds is 4. The van der Waals surface area contributed by atoms with Crippen molar-refractivity contribution in [3.8, 4) is 44.5 Å². The Bertz CT molecular complexity index is 3590. The quantitative estimate of drug-likeness (QED) is 0.167. The maximum Gasteiger partial charge on any atom is 0.136 e. The maximum absolute atomic E-state index is 6.36. The lowest BCUT2D eigenvalue weighted by atomic mass is 9.85. The Kier molecular flexibility index (Phi) is 7.05. The predicted molar refractivity (Wildman–Crippen MR) is 253 cm³/mol. The number of hydrogen-bond acceptors (Lipinski definition) is 2. The molecule has 0 saturated carbocycles. The highest BCUT2D eigenvalue weighted by Crippen LogP contribution is 2.46. The molecule has 0 bridgehead atoms. The minimum absolute atomic E-state index is 0.905. The molecular formula is C58H34O2. The van der Waals surface area contributed by atoms with Crippen LogP contribution in [0.25, 0.3) is 131 Å². The molecule has 0 radical (unpaired) electrons. The second-order valence-corrected chi connectivity index (χ2v) is 15.9. The first-order valence-corrected chi connectivity index (χ1v) is 20.6. The van der Waals surface area contributed by atoms with Crippen LogP contribution in [-0.4, -0.2) is 0 Å². The van der Waals surface area contributed by atoms with Crippen molar-refractivity contribution in [2.75, 3.05) is 0 Å². The molecule has 0 aliphatic heterocycles. The van der Waals surface area contributed by atoms with Crippen molar-refractivity contribution in [3.63, 3.8) is 0 Å². The van der Waals surface area contributed by atoms with Gasteiger partial charge in [-0.3, -0.25) is 0 Å². The van der Waals surface area contributed by atoms with E-state index in [-0.39, 0.29) is 0 Å². The van der Waals surface area contributed by atoms with Gasteiger partial charge < -0.3 is 8.83 Å². The van der Waals surface area contributed by atoms with E-state index in [4.69, 9.17) is 8.83 Å². The van der Waals surface area contributed by atoms with Crippen molar-refractivity contribution in [1.82, 2.24) is 0 Å². The molecule has 0 aliphatic carbocycles. The molecule has 0 unspecified atom stereocenters. The fourth-order valence-corrected chi connectivity index (χ4v) is 9.91. The predicted octanol–water partition coefficient (Wildman–Crippen LogP) is 16.8. The first-order chi connectivity index (χ1) is 29.7. The molecule has 0 atom stereocenters. The van der Waals surface area contributed by atoms with Gasteiger partial charge in [-0.15, -0.1) is 0 Å². The van der Waals surface area contributed by atoms with Crippen molar-refractivity contribution in [1.29, 1.82) is 0 Å². The summed E-state index contributed by atoms with van der Waals surface area (Å²) in [6.45, 7) is 0. The van der Waals surface area contributed by atoms with E-state index in [1.165, 1.54) is 87.2 Å². The smallest absolute Gasteiger partial charge is 0.136 e. The second kappa shape index (κ2) is 12.8. The van der Waals surface area contributed by atoms with E-state index >= 15 is 0 Å². The Labute approximate surface area is 345 Å². The van der Waals surface area contributed by atoms with E-state index in [1.54, 1.807) is 0 Å². The lowest BCUT2D eigenvalue weighted by molar-refractivity contribution is 0.669. The van der Waals surface area contributed by atoms with Gasteiger partial charge in [0.2, 0.25) is 0 Å². The van der Waals surface area contributed by atoms with E-state index in [9.17, 15) is 0 Å². The lowest BCUT2D eigenvalue weighted by Crippen LogP contribution is -1.91. The minimum Gasteiger partial charge on any atom is -0.456 e. The summed E-state index contributed by atoms with van der Waals surface area (Å²) in [6, 6.07) is 74.7. The fourth-order valence-electron chi connectivity index (χ4n) is 9.91. The van der Waals surface area contributed by atoms with Gasteiger partial charge in [0.25, 0.3) is 0 Å². The molecular weight excluding hydrogens is 729 g/mol. The zero-order valence-electron chi connectivity index (χ0n) is 32.4. The van der Waals surface area contributed by atoms with Crippen LogP contribution in [0.3, 0.4) is 0 Å². The molecule has 278 valence electrons. The number of fused-ring (bicyclic) bond motifs is 12. The summed E-state index contributed by atoms with van der Waals surface area (Å²) in [5, 5.41) is 14.4. The van der Waals surface area contributed by atoms with E-state index in [0.717, 1.165) is 44.2 Å². The van der Waals surface area contributed by atoms with E-state index < -0.39 is 0 Å². The zero-order valence-corrected chi connectivity index (χ0v) is 32.4. The van der Waals surface area contributed by atoms with Crippen LogP contribution in [0.2, 0.25) is 0 Å². The molecule has 13 aromatic rings. The van der Waals surface area contributed by atoms with Crippen LogP contribution in [-0.2, 0) is 0 Å². The number of hydrogen-bond donors (Lipinski definition) is 0. The molecule has 0 amide bonds. The summed E-state index contributed by atoms with van der Waals surface area (Å²) >= 11 is 0. The van der Waals surface area contributed by atoms with E-state index in [0.29, 0.717) is 0 Å². The van der Waals surface area contributed by atoms with Crippen molar-refractivity contribution >= 4 is 87.0 Å². The van der Waals surface area contributed by atoms with Crippen LogP contribution < -0.4 is 0 Å². The first kappa shape index (κ1) is 33.1. The highest BCUT2D eigenvalue weighted by Gasteiger charge is 2.19. The third kappa shape index (κ3) is 4.95. The van der Waals surface area contributed by atoms with E-state index in [1.807, 2.05) is 0 Å². The Morgan fingerprint density at radius 2 is 0.567 bits per heavy atom. The number of benzene rings is 11. The highest BCUT2D eigenvalue weighted by molar-refractivity contribution is 6.23. The van der Waals surface area contributed by atoms with Crippen LogP contribution in [0.15, 0.2) is 215 Å². The molecule has 0 saturated heterocycles. The normalized spacial score (nSPS) is 12.0. The zero-order chi connectivity index (χ0) is 39.3. The van der Waals surface area contributed by atoms with Gasteiger partial charge in [0.1, 0.15) is 22.3 Å². The van der Waals surface area contributed by atoms with Crippen LogP contribution in [0.4, 0.5) is 0 Å². The van der Waals surface area contributed by atoms with Crippen molar-refractivity contribution in [2.45, 2.75) is 0 Å². The monoisotopic (exact) mass is 762 g/mol. The molecule has 0 fully saturated rings. The van der Waals surface area contributed by atoms with Crippen molar-refractivity contribution in [3.05, 3.63) is 206 Å². The van der Waals surface area contributed by atoms with Gasteiger partial charge >= 0.3 is 0 Å². The molecule has 60 heavy (non-hydrogen) atoms. The molecule has 0 aliphatic rings. The van der Waals surface area contributed by atoms with Gasteiger partial charge in [0.15, 0.2) is 0 Å². The standard InChI is InChI=1S/C58H34O2/c1-3-17-43-35(11-1)23-29-53-57(43)49-33-39(25-27-51(49)59-53)37-13-9-15-41(31-37)55-45-19-5-7-21-47(45)56(48-22-8-6-20-46(48)55)42-16-10-14-38(32-42)40-26-28-52-50(34-40)58-44-18-4-2-12-36(44)24-30-54(58)60-52/h1-34H. The summed E-state index contributed by atoms with van der Waals surface area (Å²) in [5.41, 5.74) is 13.2. The van der Waals surface area contributed by atoms with Gasteiger partial charge in [0.05, 0.1) is 0 Å². The van der Waals surface area contributed by atoms with Gasteiger partial charge in [-0.25, -0.2) is 0 Å². The van der Waals surface area contributed by atoms with Crippen molar-refractivity contribution < 1.29 is 8.83 Å².